The molecule has 0 aliphatic heterocycles. The van der Waals surface area contributed by atoms with Crippen LogP contribution in [-0.4, -0.2) is 5.78 Å². The SMILES string of the molecule is CCCc1ccc(C(=O)C2CCCc3ccccc32)cc1. The largest absolute Gasteiger partial charge is 0.293 e. The molecule has 1 nitrogen and oxygen atoms in total. The van der Waals surface area contributed by atoms with Crippen LogP contribution >= 0.6 is 0 Å². The number of carbonyl (C=O) groups excluding carboxylic acids is 1. The molecule has 1 aliphatic carbocycles. The number of carbonyl (C=O) groups is 1. The molecule has 108 valence electrons. The molecule has 0 saturated heterocycles. The van der Waals surface area contributed by atoms with E-state index in [-0.39, 0.29) is 11.7 Å². The lowest BCUT2D eigenvalue weighted by molar-refractivity contribution is 0.0951. The van der Waals surface area contributed by atoms with E-state index in [0.717, 1.165) is 37.7 Å². The maximum atomic E-state index is 12.8. The Hall–Kier alpha value is -1.89. The normalized spacial score (nSPS) is 17.3. The summed E-state index contributed by atoms with van der Waals surface area (Å²) >= 11 is 0. The van der Waals surface area contributed by atoms with Crippen LogP contribution in [-0.2, 0) is 12.8 Å². The van der Waals surface area contributed by atoms with Crippen molar-refractivity contribution in [3.8, 4) is 0 Å². The Balaban J connectivity index is 1.86. The Kier molecular flexibility index (Phi) is 4.19. The van der Waals surface area contributed by atoms with Crippen molar-refractivity contribution >= 4 is 5.78 Å². The summed E-state index contributed by atoms with van der Waals surface area (Å²) < 4.78 is 0. The molecule has 1 unspecified atom stereocenters. The number of rotatable bonds is 4. The molecule has 0 N–H and O–H groups in total. The van der Waals surface area contributed by atoms with E-state index in [4.69, 9.17) is 0 Å². The fourth-order valence-corrected chi connectivity index (χ4v) is 3.35. The van der Waals surface area contributed by atoms with Gasteiger partial charge in [0.25, 0.3) is 0 Å². The number of hydrogen-bond acceptors (Lipinski definition) is 1. The Morgan fingerprint density at radius 1 is 1.10 bits per heavy atom. The number of hydrogen-bond donors (Lipinski definition) is 0. The van der Waals surface area contributed by atoms with Crippen molar-refractivity contribution in [3.63, 3.8) is 0 Å². The molecule has 0 aromatic heterocycles. The molecule has 21 heavy (non-hydrogen) atoms. The Morgan fingerprint density at radius 2 is 1.86 bits per heavy atom. The Bertz CT molecular complexity index is 625. The maximum Gasteiger partial charge on any atom is 0.170 e. The average Bonchev–Trinajstić information content (AvgIpc) is 2.55. The van der Waals surface area contributed by atoms with Gasteiger partial charge in [0.05, 0.1) is 0 Å². The molecule has 0 fully saturated rings. The van der Waals surface area contributed by atoms with Crippen molar-refractivity contribution in [2.45, 2.75) is 44.9 Å². The summed E-state index contributed by atoms with van der Waals surface area (Å²) in [6.07, 6.45) is 5.42. The smallest absolute Gasteiger partial charge is 0.170 e. The summed E-state index contributed by atoms with van der Waals surface area (Å²) in [5.74, 6) is 0.331. The second kappa shape index (κ2) is 6.26. The van der Waals surface area contributed by atoms with Gasteiger partial charge in [-0.2, -0.15) is 0 Å². The van der Waals surface area contributed by atoms with Crippen molar-refractivity contribution in [3.05, 3.63) is 70.8 Å². The molecule has 2 aromatic carbocycles. The van der Waals surface area contributed by atoms with E-state index < -0.39 is 0 Å². The first kappa shape index (κ1) is 14.1. The van der Waals surface area contributed by atoms with Crippen molar-refractivity contribution in [2.75, 3.05) is 0 Å². The molecule has 0 heterocycles. The van der Waals surface area contributed by atoms with Crippen LogP contribution in [0.5, 0.6) is 0 Å². The molecule has 2 aromatic rings. The van der Waals surface area contributed by atoms with Gasteiger partial charge >= 0.3 is 0 Å². The summed E-state index contributed by atoms with van der Waals surface area (Å²) in [4.78, 5) is 12.8. The van der Waals surface area contributed by atoms with E-state index in [1.54, 1.807) is 0 Å². The van der Waals surface area contributed by atoms with Crippen molar-refractivity contribution < 1.29 is 4.79 Å². The van der Waals surface area contributed by atoms with Crippen LogP contribution < -0.4 is 0 Å². The number of Topliss-reactive ketones (excluding diaryl/α,β-unsaturated/α-hetero) is 1. The number of fused-ring (bicyclic) bond motifs is 1. The zero-order valence-corrected chi connectivity index (χ0v) is 12.6. The Morgan fingerprint density at radius 3 is 2.62 bits per heavy atom. The second-order valence-electron chi connectivity index (χ2n) is 5.95. The van der Waals surface area contributed by atoms with Crippen LogP contribution in [0, 0.1) is 0 Å². The molecule has 1 aliphatic rings. The first-order valence-electron chi connectivity index (χ1n) is 8.00. The summed E-state index contributed by atoms with van der Waals surface area (Å²) in [6, 6.07) is 16.6. The minimum atomic E-state index is 0.0481. The van der Waals surface area contributed by atoms with Crippen LogP contribution in [0.4, 0.5) is 0 Å². The molecule has 0 spiro atoms. The minimum Gasteiger partial charge on any atom is -0.293 e. The molecule has 0 radical (unpaired) electrons. The van der Waals surface area contributed by atoms with E-state index in [1.807, 2.05) is 12.1 Å². The van der Waals surface area contributed by atoms with Crippen LogP contribution in [0.3, 0.4) is 0 Å². The third kappa shape index (κ3) is 2.92. The Labute approximate surface area is 127 Å². The molecular formula is C20H22O. The van der Waals surface area contributed by atoms with Gasteiger partial charge in [-0.05, 0) is 42.4 Å². The van der Waals surface area contributed by atoms with Gasteiger partial charge in [0.15, 0.2) is 5.78 Å². The molecule has 1 heteroatoms. The average molecular weight is 278 g/mol. The van der Waals surface area contributed by atoms with Gasteiger partial charge in [0.1, 0.15) is 0 Å². The van der Waals surface area contributed by atoms with Crippen molar-refractivity contribution in [1.82, 2.24) is 0 Å². The van der Waals surface area contributed by atoms with Crippen LogP contribution in [0.15, 0.2) is 48.5 Å². The van der Waals surface area contributed by atoms with Gasteiger partial charge in [-0.25, -0.2) is 0 Å². The first-order chi connectivity index (χ1) is 10.3. The van der Waals surface area contributed by atoms with E-state index in [0.29, 0.717) is 0 Å². The molecule has 1 atom stereocenters. The predicted octanol–water partition coefficient (Wildman–Crippen LogP) is 4.94. The summed E-state index contributed by atoms with van der Waals surface area (Å²) in [5, 5.41) is 0. The van der Waals surface area contributed by atoms with Crippen molar-refractivity contribution in [2.24, 2.45) is 0 Å². The van der Waals surface area contributed by atoms with Gasteiger partial charge in [-0.15, -0.1) is 0 Å². The number of ketones is 1. The summed E-state index contributed by atoms with van der Waals surface area (Å²) in [6.45, 7) is 2.18. The predicted molar refractivity (Wildman–Crippen MR) is 86.9 cm³/mol. The number of benzene rings is 2. The van der Waals surface area contributed by atoms with Gasteiger partial charge in [0.2, 0.25) is 0 Å². The molecule has 0 saturated carbocycles. The monoisotopic (exact) mass is 278 g/mol. The second-order valence-corrected chi connectivity index (χ2v) is 5.95. The highest BCUT2D eigenvalue weighted by Gasteiger charge is 2.26. The summed E-state index contributed by atoms with van der Waals surface area (Å²) in [7, 11) is 0. The standard InChI is InChI=1S/C20H22O/c1-2-6-15-11-13-17(14-12-15)20(21)19-10-5-8-16-7-3-4-9-18(16)19/h3-4,7,9,11-14,19H,2,5-6,8,10H2,1H3. The fourth-order valence-electron chi connectivity index (χ4n) is 3.35. The first-order valence-corrected chi connectivity index (χ1v) is 8.00. The highest BCUT2D eigenvalue weighted by Crippen LogP contribution is 2.33. The minimum absolute atomic E-state index is 0.0481. The van der Waals surface area contributed by atoms with E-state index in [9.17, 15) is 4.79 Å². The third-order valence-corrected chi connectivity index (χ3v) is 4.46. The van der Waals surface area contributed by atoms with Gasteiger partial charge in [-0.3, -0.25) is 4.79 Å². The fraction of sp³-hybridized carbons (Fsp3) is 0.350. The van der Waals surface area contributed by atoms with E-state index in [1.165, 1.54) is 16.7 Å². The highest BCUT2D eigenvalue weighted by molar-refractivity contribution is 6.01. The zero-order chi connectivity index (χ0) is 14.7. The van der Waals surface area contributed by atoms with E-state index in [2.05, 4.69) is 43.3 Å². The van der Waals surface area contributed by atoms with Gasteiger partial charge < -0.3 is 0 Å². The molecule has 0 bridgehead atoms. The van der Waals surface area contributed by atoms with Gasteiger partial charge in [0, 0.05) is 11.5 Å². The lowest BCUT2D eigenvalue weighted by Gasteiger charge is -2.24. The highest BCUT2D eigenvalue weighted by atomic mass is 16.1. The topological polar surface area (TPSA) is 17.1 Å². The molecule has 0 amide bonds. The third-order valence-electron chi connectivity index (χ3n) is 4.46. The molecule has 3 rings (SSSR count). The lowest BCUT2D eigenvalue weighted by Crippen LogP contribution is -2.18. The summed E-state index contributed by atoms with van der Waals surface area (Å²) in [5.41, 5.74) is 4.77. The lowest BCUT2D eigenvalue weighted by atomic mass is 9.79. The maximum absolute atomic E-state index is 12.8. The zero-order valence-electron chi connectivity index (χ0n) is 12.6. The van der Waals surface area contributed by atoms with Crippen molar-refractivity contribution in [1.29, 1.82) is 0 Å². The van der Waals surface area contributed by atoms with E-state index >= 15 is 0 Å². The van der Waals surface area contributed by atoms with Crippen LogP contribution in [0.1, 0.15) is 59.2 Å². The quantitative estimate of drug-likeness (QED) is 0.724. The van der Waals surface area contributed by atoms with Crippen LogP contribution in [0.2, 0.25) is 0 Å². The number of aryl methyl sites for hydroxylation is 2. The van der Waals surface area contributed by atoms with Crippen LogP contribution in [0.25, 0.3) is 0 Å². The van der Waals surface area contributed by atoms with Gasteiger partial charge in [-0.1, -0.05) is 61.9 Å². The molecular weight excluding hydrogens is 256 g/mol.